The van der Waals surface area contributed by atoms with Crippen molar-refractivity contribution in [3.05, 3.63) is 34.5 Å². The number of hydrogen-bond donors (Lipinski definition) is 2. The van der Waals surface area contributed by atoms with Gasteiger partial charge in [0.1, 0.15) is 5.82 Å². The molecule has 0 saturated carbocycles. The summed E-state index contributed by atoms with van der Waals surface area (Å²) in [5.41, 5.74) is 0.738. The van der Waals surface area contributed by atoms with Crippen molar-refractivity contribution in [2.24, 2.45) is 5.92 Å². The highest BCUT2D eigenvalue weighted by molar-refractivity contribution is 7.21. The summed E-state index contributed by atoms with van der Waals surface area (Å²) in [6, 6.07) is 4.96. The molecule has 0 bridgehead atoms. The number of fused-ring (bicyclic) bond motifs is 1. The monoisotopic (exact) mass is 278 g/mol. The van der Waals surface area contributed by atoms with E-state index in [1.807, 2.05) is 13.0 Å². The fourth-order valence-electron chi connectivity index (χ4n) is 2.28. The van der Waals surface area contributed by atoms with Crippen molar-refractivity contribution < 1.29 is 9.18 Å². The first-order valence-electron chi connectivity index (χ1n) is 6.33. The van der Waals surface area contributed by atoms with E-state index in [-0.39, 0.29) is 11.7 Å². The molecule has 19 heavy (non-hydrogen) atoms. The number of carbonyl (C=O) groups is 1. The highest BCUT2D eigenvalue weighted by Crippen LogP contribution is 2.32. The number of carbonyl (C=O) groups excluding carboxylic acids is 1. The third-order valence-corrected chi connectivity index (χ3v) is 4.78. The number of hydrogen-bond acceptors (Lipinski definition) is 3. The van der Waals surface area contributed by atoms with E-state index in [9.17, 15) is 9.18 Å². The number of benzene rings is 1. The SMILES string of the molecule is Cc1c(C(=O)NCC2CNC2)sc2cccc(F)c12. The van der Waals surface area contributed by atoms with Crippen LogP contribution in [0.25, 0.3) is 10.1 Å². The van der Waals surface area contributed by atoms with Crippen molar-refractivity contribution in [1.82, 2.24) is 10.6 Å². The highest BCUT2D eigenvalue weighted by Gasteiger charge is 2.20. The van der Waals surface area contributed by atoms with Crippen LogP contribution in [-0.2, 0) is 0 Å². The number of thiophene rings is 1. The average Bonchev–Trinajstić information content (AvgIpc) is 2.66. The molecule has 0 aliphatic carbocycles. The maximum atomic E-state index is 13.8. The number of rotatable bonds is 3. The Morgan fingerprint density at radius 3 is 2.95 bits per heavy atom. The van der Waals surface area contributed by atoms with Crippen molar-refractivity contribution in [3.63, 3.8) is 0 Å². The van der Waals surface area contributed by atoms with Crippen LogP contribution in [0, 0.1) is 18.7 Å². The Bertz CT molecular complexity index is 634. The molecular weight excluding hydrogens is 263 g/mol. The second-order valence-corrected chi connectivity index (χ2v) is 5.96. The molecule has 0 atom stereocenters. The van der Waals surface area contributed by atoms with Crippen LogP contribution in [0.4, 0.5) is 4.39 Å². The molecule has 2 N–H and O–H groups in total. The van der Waals surface area contributed by atoms with Gasteiger partial charge in [-0.05, 0) is 24.6 Å². The van der Waals surface area contributed by atoms with Crippen molar-refractivity contribution in [2.45, 2.75) is 6.92 Å². The lowest BCUT2D eigenvalue weighted by molar-refractivity contribution is 0.0946. The first-order chi connectivity index (χ1) is 9.16. The summed E-state index contributed by atoms with van der Waals surface area (Å²) in [5, 5.41) is 6.67. The zero-order chi connectivity index (χ0) is 13.4. The molecule has 1 aliphatic rings. The van der Waals surface area contributed by atoms with Gasteiger partial charge in [-0.2, -0.15) is 0 Å². The standard InChI is InChI=1S/C14H15FN2OS/c1-8-12-10(15)3-2-4-11(12)19-13(8)14(18)17-7-9-5-16-6-9/h2-4,9,16H,5-7H2,1H3,(H,17,18). The van der Waals surface area contributed by atoms with Gasteiger partial charge in [-0.15, -0.1) is 11.3 Å². The molecular formula is C14H15FN2OS. The van der Waals surface area contributed by atoms with Crippen LogP contribution < -0.4 is 10.6 Å². The van der Waals surface area contributed by atoms with Gasteiger partial charge in [-0.1, -0.05) is 6.07 Å². The summed E-state index contributed by atoms with van der Waals surface area (Å²) in [5.74, 6) is 0.175. The van der Waals surface area contributed by atoms with Crippen molar-refractivity contribution >= 4 is 27.3 Å². The maximum Gasteiger partial charge on any atom is 0.261 e. The molecule has 2 aromatic rings. The van der Waals surface area contributed by atoms with E-state index in [0.29, 0.717) is 22.7 Å². The zero-order valence-corrected chi connectivity index (χ0v) is 11.4. The van der Waals surface area contributed by atoms with Crippen molar-refractivity contribution in [2.75, 3.05) is 19.6 Å². The van der Waals surface area contributed by atoms with Crippen LogP contribution in [0.3, 0.4) is 0 Å². The summed E-state index contributed by atoms with van der Waals surface area (Å²) >= 11 is 1.36. The summed E-state index contributed by atoms with van der Waals surface area (Å²) < 4.78 is 14.6. The second-order valence-electron chi connectivity index (χ2n) is 4.90. The first kappa shape index (κ1) is 12.6. The largest absolute Gasteiger partial charge is 0.351 e. The molecule has 1 fully saturated rings. The Morgan fingerprint density at radius 1 is 1.53 bits per heavy atom. The molecule has 1 aliphatic heterocycles. The molecule has 0 radical (unpaired) electrons. The van der Waals surface area contributed by atoms with E-state index in [4.69, 9.17) is 0 Å². The molecule has 0 unspecified atom stereocenters. The van der Waals surface area contributed by atoms with Crippen LogP contribution >= 0.6 is 11.3 Å². The average molecular weight is 278 g/mol. The predicted molar refractivity (Wildman–Crippen MR) is 75.2 cm³/mol. The van der Waals surface area contributed by atoms with Crippen LogP contribution in [0.15, 0.2) is 18.2 Å². The van der Waals surface area contributed by atoms with E-state index in [1.165, 1.54) is 17.4 Å². The van der Waals surface area contributed by atoms with Crippen molar-refractivity contribution in [1.29, 1.82) is 0 Å². The lowest BCUT2D eigenvalue weighted by atomic mass is 10.0. The zero-order valence-electron chi connectivity index (χ0n) is 10.6. The van der Waals surface area contributed by atoms with Gasteiger partial charge in [0.15, 0.2) is 0 Å². The third kappa shape index (κ3) is 2.24. The summed E-state index contributed by atoms with van der Waals surface area (Å²) in [6.45, 7) is 4.41. The molecule has 1 amide bonds. The Kier molecular flexibility index (Phi) is 3.24. The summed E-state index contributed by atoms with van der Waals surface area (Å²) in [6.07, 6.45) is 0. The predicted octanol–water partition coefficient (Wildman–Crippen LogP) is 2.30. The van der Waals surface area contributed by atoms with Gasteiger partial charge in [-0.25, -0.2) is 4.39 Å². The minimum atomic E-state index is -0.256. The van der Waals surface area contributed by atoms with E-state index in [2.05, 4.69) is 10.6 Å². The van der Waals surface area contributed by atoms with Crippen molar-refractivity contribution in [3.8, 4) is 0 Å². The quantitative estimate of drug-likeness (QED) is 0.904. The maximum absolute atomic E-state index is 13.8. The Morgan fingerprint density at radius 2 is 2.32 bits per heavy atom. The molecule has 100 valence electrons. The molecule has 1 aromatic heterocycles. The van der Waals surface area contributed by atoms with E-state index < -0.39 is 0 Å². The lowest BCUT2D eigenvalue weighted by Gasteiger charge is -2.26. The minimum Gasteiger partial charge on any atom is -0.351 e. The number of halogens is 1. The fourth-order valence-corrected chi connectivity index (χ4v) is 3.42. The van der Waals surface area contributed by atoms with Gasteiger partial charge in [-0.3, -0.25) is 4.79 Å². The Hall–Kier alpha value is -1.46. The van der Waals surface area contributed by atoms with Crippen LogP contribution in [-0.4, -0.2) is 25.5 Å². The number of amides is 1. The van der Waals surface area contributed by atoms with E-state index in [1.54, 1.807) is 6.07 Å². The van der Waals surface area contributed by atoms with Gasteiger partial charge < -0.3 is 10.6 Å². The van der Waals surface area contributed by atoms with Gasteiger partial charge in [0, 0.05) is 35.6 Å². The number of aryl methyl sites for hydroxylation is 1. The first-order valence-corrected chi connectivity index (χ1v) is 7.15. The van der Waals surface area contributed by atoms with Gasteiger partial charge >= 0.3 is 0 Å². The molecule has 1 saturated heterocycles. The Balaban J connectivity index is 1.85. The summed E-state index contributed by atoms with van der Waals surface area (Å²) in [4.78, 5) is 12.8. The normalized spacial score (nSPS) is 15.5. The number of nitrogens with one attached hydrogen (secondary N) is 2. The minimum absolute atomic E-state index is 0.0926. The van der Waals surface area contributed by atoms with Gasteiger partial charge in [0.2, 0.25) is 0 Å². The molecule has 2 heterocycles. The second kappa shape index (κ2) is 4.90. The molecule has 3 nitrogen and oxygen atoms in total. The molecule has 0 spiro atoms. The molecule has 5 heteroatoms. The van der Waals surface area contributed by atoms with Crippen LogP contribution in [0.1, 0.15) is 15.2 Å². The molecule has 3 rings (SSSR count). The summed E-state index contributed by atoms with van der Waals surface area (Å²) in [7, 11) is 0. The Labute approximate surface area is 114 Å². The van der Waals surface area contributed by atoms with E-state index >= 15 is 0 Å². The van der Waals surface area contributed by atoms with E-state index in [0.717, 1.165) is 23.4 Å². The highest BCUT2D eigenvalue weighted by atomic mass is 32.1. The topological polar surface area (TPSA) is 41.1 Å². The third-order valence-electron chi connectivity index (χ3n) is 3.53. The fraction of sp³-hybridized carbons (Fsp3) is 0.357. The van der Waals surface area contributed by atoms with Crippen LogP contribution in [0.2, 0.25) is 0 Å². The lowest BCUT2D eigenvalue weighted by Crippen LogP contribution is -2.48. The van der Waals surface area contributed by atoms with Gasteiger partial charge in [0.05, 0.1) is 4.88 Å². The molecule has 1 aromatic carbocycles. The van der Waals surface area contributed by atoms with Gasteiger partial charge in [0.25, 0.3) is 5.91 Å². The smallest absolute Gasteiger partial charge is 0.261 e. The van der Waals surface area contributed by atoms with Crippen LogP contribution in [0.5, 0.6) is 0 Å².